The van der Waals surface area contributed by atoms with Crippen LogP contribution in [0.5, 0.6) is 5.88 Å². The van der Waals surface area contributed by atoms with Gasteiger partial charge in [0.05, 0.1) is 12.7 Å². The molecule has 0 atom stereocenters. The number of pyridine rings is 1. The minimum Gasteiger partial charge on any atom is -0.481 e. The second-order valence-electron chi connectivity index (χ2n) is 2.84. The fourth-order valence-electron chi connectivity index (χ4n) is 1.17. The highest BCUT2D eigenvalue weighted by Crippen LogP contribution is 2.28. The Kier molecular flexibility index (Phi) is 3.35. The lowest BCUT2D eigenvalue weighted by Gasteiger charge is -2.10. The van der Waals surface area contributed by atoms with Crippen LogP contribution in [0.2, 0.25) is 0 Å². The molecule has 0 amide bonds. The van der Waals surface area contributed by atoms with E-state index in [4.69, 9.17) is 10.5 Å². The molecule has 5 heteroatoms. The van der Waals surface area contributed by atoms with Crippen molar-refractivity contribution in [2.45, 2.75) is 19.9 Å². The highest BCUT2D eigenvalue weighted by Gasteiger charge is 2.17. The number of hydrogen-bond acceptors (Lipinski definition) is 3. The van der Waals surface area contributed by atoms with E-state index in [0.717, 1.165) is 0 Å². The van der Waals surface area contributed by atoms with Crippen LogP contribution in [0.15, 0.2) is 6.07 Å². The number of alkyl halides is 2. The summed E-state index contributed by atoms with van der Waals surface area (Å²) in [5.41, 5.74) is 6.41. The molecule has 0 spiro atoms. The summed E-state index contributed by atoms with van der Waals surface area (Å²) in [5, 5.41) is 0. The van der Waals surface area contributed by atoms with Gasteiger partial charge in [-0.25, -0.2) is 13.8 Å². The molecule has 0 unspecified atom stereocenters. The fourth-order valence-corrected chi connectivity index (χ4v) is 1.17. The van der Waals surface area contributed by atoms with Crippen LogP contribution in [-0.2, 0) is 6.54 Å². The van der Waals surface area contributed by atoms with Gasteiger partial charge in [-0.15, -0.1) is 0 Å². The van der Waals surface area contributed by atoms with Crippen LogP contribution in [0.1, 0.15) is 23.2 Å². The van der Waals surface area contributed by atoms with E-state index >= 15 is 0 Å². The molecule has 0 fully saturated rings. The number of methoxy groups -OCH3 is 1. The smallest absolute Gasteiger partial charge is 0.269 e. The molecular formula is C9H12F2N2O. The number of nitrogens with zero attached hydrogens (tertiary/aromatic N) is 1. The van der Waals surface area contributed by atoms with E-state index in [0.29, 0.717) is 11.3 Å². The van der Waals surface area contributed by atoms with Crippen LogP contribution in [-0.4, -0.2) is 12.1 Å². The third-order valence-electron chi connectivity index (χ3n) is 1.96. The fraction of sp³-hybridized carbons (Fsp3) is 0.444. The van der Waals surface area contributed by atoms with Gasteiger partial charge in [-0.3, -0.25) is 0 Å². The van der Waals surface area contributed by atoms with Crippen molar-refractivity contribution in [3.63, 3.8) is 0 Å². The molecule has 78 valence electrons. The van der Waals surface area contributed by atoms with Gasteiger partial charge in [-0.05, 0) is 18.6 Å². The lowest BCUT2D eigenvalue weighted by molar-refractivity contribution is 0.146. The van der Waals surface area contributed by atoms with E-state index in [9.17, 15) is 8.78 Å². The van der Waals surface area contributed by atoms with Gasteiger partial charge in [0.15, 0.2) is 0 Å². The first-order valence-corrected chi connectivity index (χ1v) is 4.12. The second kappa shape index (κ2) is 4.32. The highest BCUT2D eigenvalue weighted by atomic mass is 19.3. The van der Waals surface area contributed by atoms with Crippen LogP contribution in [0, 0.1) is 6.92 Å². The zero-order chi connectivity index (χ0) is 10.7. The molecule has 0 radical (unpaired) electrons. The lowest BCUT2D eigenvalue weighted by atomic mass is 10.1. The maximum absolute atomic E-state index is 12.5. The maximum Gasteiger partial charge on any atom is 0.269 e. The van der Waals surface area contributed by atoms with Crippen LogP contribution < -0.4 is 10.5 Å². The number of hydrogen-bond donors (Lipinski definition) is 1. The monoisotopic (exact) mass is 202 g/mol. The van der Waals surface area contributed by atoms with E-state index in [2.05, 4.69) is 4.98 Å². The van der Waals surface area contributed by atoms with Crippen molar-refractivity contribution in [1.82, 2.24) is 4.98 Å². The van der Waals surface area contributed by atoms with Crippen molar-refractivity contribution in [3.05, 3.63) is 22.9 Å². The van der Waals surface area contributed by atoms with Gasteiger partial charge in [0.25, 0.3) is 6.43 Å². The van der Waals surface area contributed by atoms with Crippen LogP contribution in [0.25, 0.3) is 0 Å². The number of aromatic nitrogens is 1. The van der Waals surface area contributed by atoms with Gasteiger partial charge in [0.1, 0.15) is 0 Å². The molecule has 0 bridgehead atoms. The quantitative estimate of drug-likeness (QED) is 0.812. The average Bonchev–Trinajstić information content (AvgIpc) is 2.16. The van der Waals surface area contributed by atoms with Crippen LogP contribution in [0.3, 0.4) is 0 Å². The minimum atomic E-state index is -2.59. The summed E-state index contributed by atoms with van der Waals surface area (Å²) < 4.78 is 29.8. The predicted octanol–water partition coefficient (Wildman–Crippen LogP) is 1.79. The van der Waals surface area contributed by atoms with Gasteiger partial charge in [0, 0.05) is 12.2 Å². The SMILES string of the molecule is COc1nc(C)c(CN)cc1C(F)F. The van der Waals surface area contributed by atoms with Crippen LogP contribution >= 0.6 is 0 Å². The van der Waals surface area contributed by atoms with Crippen molar-refractivity contribution in [2.75, 3.05) is 7.11 Å². The van der Waals surface area contributed by atoms with Crippen molar-refractivity contribution >= 4 is 0 Å². The number of nitrogens with two attached hydrogens (primary N) is 1. The molecule has 1 heterocycles. The maximum atomic E-state index is 12.5. The van der Waals surface area contributed by atoms with Gasteiger partial charge in [0.2, 0.25) is 5.88 Å². The molecule has 1 aromatic heterocycles. The third kappa shape index (κ3) is 1.98. The molecule has 0 aliphatic carbocycles. The minimum absolute atomic E-state index is 0.0327. The standard InChI is InChI=1S/C9H12F2N2O/c1-5-6(4-12)3-7(8(10)11)9(13-5)14-2/h3,8H,4,12H2,1-2H3. The molecule has 0 aliphatic rings. The number of ether oxygens (including phenoxy) is 1. The number of halogens is 2. The first kappa shape index (κ1) is 10.8. The van der Waals surface area contributed by atoms with Crippen molar-refractivity contribution in [3.8, 4) is 5.88 Å². The van der Waals surface area contributed by atoms with E-state index in [1.54, 1.807) is 6.92 Å². The lowest BCUT2D eigenvalue weighted by Crippen LogP contribution is -2.05. The Morgan fingerprint density at radius 2 is 2.21 bits per heavy atom. The van der Waals surface area contributed by atoms with Crippen LogP contribution in [0.4, 0.5) is 8.78 Å². The van der Waals surface area contributed by atoms with Gasteiger partial charge in [-0.2, -0.15) is 0 Å². The molecule has 2 N–H and O–H groups in total. The van der Waals surface area contributed by atoms with E-state index in [1.165, 1.54) is 13.2 Å². The zero-order valence-electron chi connectivity index (χ0n) is 8.05. The topological polar surface area (TPSA) is 48.1 Å². The molecule has 0 saturated carbocycles. The van der Waals surface area contributed by atoms with Crippen molar-refractivity contribution < 1.29 is 13.5 Å². The predicted molar refractivity (Wildman–Crippen MR) is 48.4 cm³/mol. The summed E-state index contributed by atoms with van der Waals surface area (Å²) in [5.74, 6) is -0.0327. The van der Waals surface area contributed by atoms with Gasteiger partial charge in [-0.1, -0.05) is 0 Å². The third-order valence-corrected chi connectivity index (χ3v) is 1.96. The Hall–Kier alpha value is -1.23. The van der Waals surface area contributed by atoms with E-state index in [-0.39, 0.29) is 18.0 Å². The molecule has 3 nitrogen and oxygen atoms in total. The Bertz CT molecular complexity index is 329. The van der Waals surface area contributed by atoms with E-state index < -0.39 is 6.43 Å². The zero-order valence-corrected chi connectivity index (χ0v) is 8.05. The Labute approximate surface area is 80.9 Å². The molecular weight excluding hydrogens is 190 g/mol. The molecule has 1 aromatic rings. The van der Waals surface area contributed by atoms with Gasteiger partial charge >= 0.3 is 0 Å². The average molecular weight is 202 g/mol. The summed E-state index contributed by atoms with van der Waals surface area (Å²) in [6, 6.07) is 1.34. The Morgan fingerprint density at radius 3 is 2.64 bits per heavy atom. The summed E-state index contributed by atoms with van der Waals surface area (Å²) in [4.78, 5) is 3.90. The Balaban J connectivity index is 3.25. The highest BCUT2D eigenvalue weighted by molar-refractivity contribution is 5.34. The number of rotatable bonds is 3. The molecule has 0 aromatic carbocycles. The number of aryl methyl sites for hydroxylation is 1. The van der Waals surface area contributed by atoms with Crippen molar-refractivity contribution in [1.29, 1.82) is 0 Å². The normalized spacial score (nSPS) is 10.7. The molecule has 0 saturated heterocycles. The first-order valence-electron chi connectivity index (χ1n) is 4.12. The van der Waals surface area contributed by atoms with Gasteiger partial charge < -0.3 is 10.5 Å². The summed E-state index contributed by atoms with van der Waals surface area (Å²) >= 11 is 0. The molecule has 14 heavy (non-hydrogen) atoms. The summed E-state index contributed by atoms with van der Waals surface area (Å²) in [7, 11) is 1.32. The second-order valence-corrected chi connectivity index (χ2v) is 2.84. The molecule has 0 aliphatic heterocycles. The van der Waals surface area contributed by atoms with E-state index in [1.807, 2.05) is 0 Å². The summed E-state index contributed by atoms with van der Waals surface area (Å²) in [6.45, 7) is 1.91. The van der Waals surface area contributed by atoms with Crippen molar-refractivity contribution in [2.24, 2.45) is 5.73 Å². The first-order chi connectivity index (χ1) is 6.60. The molecule has 1 rings (SSSR count). The summed E-state index contributed by atoms with van der Waals surface area (Å²) in [6.07, 6.45) is -2.59. The Morgan fingerprint density at radius 1 is 1.57 bits per heavy atom. The largest absolute Gasteiger partial charge is 0.481 e.